The van der Waals surface area contributed by atoms with Crippen molar-refractivity contribution in [1.82, 2.24) is 0 Å². The van der Waals surface area contributed by atoms with Crippen molar-refractivity contribution in [3.63, 3.8) is 0 Å². The Kier molecular flexibility index (Phi) is 9.38. The average molecular weight is 353 g/mol. The van der Waals surface area contributed by atoms with E-state index in [-0.39, 0.29) is 0 Å². The van der Waals surface area contributed by atoms with Gasteiger partial charge in [0.1, 0.15) is 5.94 Å². The van der Waals surface area contributed by atoms with Crippen molar-refractivity contribution >= 4 is 5.94 Å². The molecule has 1 aliphatic carbocycles. The Labute approximate surface area is 161 Å². The van der Waals surface area contributed by atoms with Gasteiger partial charge in [-0.05, 0) is 73.8 Å². The third-order valence-corrected chi connectivity index (χ3v) is 5.79. The van der Waals surface area contributed by atoms with E-state index < -0.39 is 0 Å². The Balaban J connectivity index is 2.72. The van der Waals surface area contributed by atoms with Crippen LogP contribution in [-0.4, -0.2) is 5.94 Å². The Morgan fingerprint density at radius 1 is 1.15 bits per heavy atom. The topological polar surface area (TPSA) is 17.1 Å². The molecule has 0 aromatic rings. The van der Waals surface area contributed by atoms with Gasteiger partial charge in [0.2, 0.25) is 0 Å². The lowest BCUT2D eigenvalue weighted by Gasteiger charge is -2.25. The van der Waals surface area contributed by atoms with Crippen LogP contribution in [0.3, 0.4) is 0 Å². The number of rotatable bonds is 12. The van der Waals surface area contributed by atoms with Crippen LogP contribution in [-0.2, 0) is 4.79 Å². The molecular weight excluding hydrogens is 316 g/mol. The zero-order valence-electron chi connectivity index (χ0n) is 17.2. The van der Waals surface area contributed by atoms with Crippen LogP contribution in [0.25, 0.3) is 0 Å². The summed E-state index contributed by atoms with van der Waals surface area (Å²) in [6, 6.07) is 0. The van der Waals surface area contributed by atoms with Gasteiger partial charge in [-0.25, -0.2) is 4.79 Å². The zero-order chi connectivity index (χ0) is 19.7. The monoisotopic (exact) mass is 352 g/mol. The molecule has 3 unspecified atom stereocenters. The summed E-state index contributed by atoms with van der Waals surface area (Å²) in [5.74, 6) is 3.94. The van der Waals surface area contributed by atoms with E-state index in [0.29, 0.717) is 23.7 Å². The summed E-state index contributed by atoms with van der Waals surface area (Å²) in [4.78, 5) is 10.7. The van der Waals surface area contributed by atoms with Gasteiger partial charge in [-0.2, -0.15) is 0 Å². The third kappa shape index (κ3) is 6.81. The molecule has 0 amide bonds. The highest BCUT2D eigenvalue weighted by Crippen LogP contribution is 2.42. The van der Waals surface area contributed by atoms with Gasteiger partial charge >= 0.3 is 0 Å². The second kappa shape index (κ2) is 11.0. The van der Waals surface area contributed by atoms with E-state index in [1.165, 1.54) is 41.2 Å². The van der Waals surface area contributed by atoms with Crippen molar-refractivity contribution in [1.29, 1.82) is 0 Å². The van der Waals surface area contributed by atoms with Gasteiger partial charge in [-0.1, -0.05) is 69.9 Å². The van der Waals surface area contributed by atoms with Gasteiger partial charge in [-0.3, -0.25) is 0 Å². The molecule has 0 N–H and O–H groups in total. The van der Waals surface area contributed by atoms with Crippen LogP contribution in [0.15, 0.2) is 66.3 Å². The first-order chi connectivity index (χ1) is 12.3. The summed E-state index contributed by atoms with van der Waals surface area (Å²) in [5.41, 5.74) is 5.15. The van der Waals surface area contributed by atoms with Crippen molar-refractivity contribution in [3.8, 4) is 0 Å². The van der Waals surface area contributed by atoms with Crippen molar-refractivity contribution in [2.24, 2.45) is 23.7 Å². The summed E-state index contributed by atoms with van der Waals surface area (Å²) in [6.45, 7) is 21.0. The molecule has 1 rings (SSSR count). The highest BCUT2D eigenvalue weighted by atomic mass is 16.1. The predicted molar refractivity (Wildman–Crippen MR) is 115 cm³/mol. The minimum Gasteiger partial charge on any atom is -0.234 e. The van der Waals surface area contributed by atoms with E-state index in [0.717, 1.165) is 19.3 Å². The Bertz CT molecular complexity index is 621. The first-order valence-corrected chi connectivity index (χ1v) is 9.89. The predicted octanol–water partition coefficient (Wildman–Crippen LogP) is 7.03. The highest BCUT2D eigenvalue weighted by Gasteiger charge is 2.30. The highest BCUT2D eigenvalue weighted by molar-refractivity contribution is 5.50. The number of hydrogen-bond acceptors (Lipinski definition) is 1. The van der Waals surface area contributed by atoms with Crippen molar-refractivity contribution < 1.29 is 4.79 Å². The second-order valence-corrected chi connectivity index (χ2v) is 7.93. The molecule has 1 heteroatoms. The average Bonchev–Trinajstić information content (AvgIpc) is 3.48. The van der Waals surface area contributed by atoms with Gasteiger partial charge in [-0.15, -0.1) is 0 Å². The lowest BCUT2D eigenvalue weighted by Crippen LogP contribution is -2.13. The maximum absolute atomic E-state index is 10.7. The van der Waals surface area contributed by atoms with Crippen molar-refractivity contribution in [3.05, 3.63) is 66.3 Å². The quantitative estimate of drug-likeness (QED) is 0.209. The van der Waals surface area contributed by atoms with Crippen LogP contribution in [0.1, 0.15) is 59.8 Å². The van der Waals surface area contributed by atoms with Gasteiger partial charge in [0.15, 0.2) is 0 Å². The molecule has 0 aromatic carbocycles. The van der Waals surface area contributed by atoms with Crippen LogP contribution >= 0.6 is 0 Å². The fourth-order valence-corrected chi connectivity index (χ4v) is 3.60. The van der Waals surface area contributed by atoms with Gasteiger partial charge in [0.25, 0.3) is 0 Å². The van der Waals surface area contributed by atoms with E-state index >= 15 is 0 Å². The minimum absolute atomic E-state index is 0.337. The Hall–Kier alpha value is -1.85. The van der Waals surface area contributed by atoms with E-state index in [4.69, 9.17) is 0 Å². The third-order valence-electron chi connectivity index (χ3n) is 5.79. The molecule has 1 aliphatic rings. The van der Waals surface area contributed by atoms with Gasteiger partial charge in [0.05, 0.1) is 0 Å². The SMILES string of the molecule is C=C/C(C)=C(\C=C)CC(C)CCC(C)/C(=C\C=C=O)C(C)C(=C)C1CC1. The molecule has 0 saturated heterocycles. The van der Waals surface area contributed by atoms with E-state index in [1.807, 2.05) is 24.2 Å². The molecule has 1 fully saturated rings. The smallest absolute Gasteiger partial charge is 0.124 e. The zero-order valence-corrected chi connectivity index (χ0v) is 17.2. The number of carbonyl (C=O) groups excluding carboxylic acids is 1. The van der Waals surface area contributed by atoms with Gasteiger partial charge in [0, 0.05) is 6.08 Å². The van der Waals surface area contributed by atoms with Crippen molar-refractivity contribution in [2.75, 3.05) is 0 Å². The summed E-state index contributed by atoms with van der Waals surface area (Å²) < 4.78 is 0. The van der Waals surface area contributed by atoms with Crippen LogP contribution < -0.4 is 0 Å². The van der Waals surface area contributed by atoms with E-state index in [9.17, 15) is 4.79 Å². The Morgan fingerprint density at radius 3 is 2.31 bits per heavy atom. The van der Waals surface area contributed by atoms with Gasteiger partial charge < -0.3 is 0 Å². The minimum atomic E-state index is 0.337. The molecule has 1 nitrogen and oxygen atoms in total. The summed E-state index contributed by atoms with van der Waals surface area (Å²) in [5, 5.41) is 0. The molecule has 0 aliphatic heterocycles. The number of hydrogen-bond donors (Lipinski definition) is 0. The van der Waals surface area contributed by atoms with Crippen LogP contribution in [0.5, 0.6) is 0 Å². The Morgan fingerprint density at radius 2 is 1.81 bits per heavy atom. The first-order valence-electron chi connectivity index (χ1n) is 9.89. The molecule has 0 bridgehead atoms. The van der Waals surface area contributed by atoms with E-state index in [2.05, 4.69) is 47.4 Å². The fraction of sp³-hybridized carbons (Fsp3) is 0.520. The van der Waals surface area contributed by atoms with Crippen LogP contribution in [0, 0.1) is 23.7 Å². The second-order valence-electron chi connectivity index (χ2n) is 7.93. The van der Waals surface area contributed by atoms with Crippen LogP contribution in [0.4, 0.5) is 0 Å². The van der Waals surface area contributed by atoms with E-state index in [1.54, 1.807) is 0 Å². The largest absolute Gasteiger partial charge is 0.234 e. The lowest BCUT2D eigenvalue weighted by molar-refractivity contribution is 0.443. The molecule has 3 atom stereocenters. The molecule has 0 heterocycles. The maximum Gasteiger partial charge on any atom is 0.124 e. The molecule has 1 saturated carbocycles. The van der Waals surface area contributed by atoms with Crippen LogP contribution in [0.2, 0.25) is 0 Å². The molecule has 0 spiro atoms. The first kappa shape index (κ1) is 22.2. The molecule has 0 aromatic heterocycles. The summed E-state index contributed by atoms with van der Waals surface area (Å²) >= 11 is 0. The summed E-state index contributed by atoms with van der Waals surface area (Å²) in [7, 11) is 0. The molecule has 26 heavy (non-hydrogen) atoms. The standard InChI is InChI=1S/C25H36O/c1-8-19(4)23(9-2)17-18(3)12-13-20(5)25(11-10-16-26)22(7)21(6)24-14-15-24/h8-11,18,20,22,24H,1-2,6,12-15,17H2,3-5,7H3/b23-19+,25-11+. The normalized spacial score (nSPS) is 18.8. The van der Waals surface area contributed by atoms with Crippen molar-refractivity contribution in [2.45, 2.75) is 59.8 Å². The number of allylic oxidation sites excluding steroid dienone is 8. The lowest BCUT2D eigenvalue weighted by atomic mass is 9.80. The molecule has 0 radical (unpaired) electrons. The molecular formula is C25H36O. The fourth-order valence-electron chi connectivity index (χ4n) is 3.60. The maximum atomic E-state index is 10.7. The molecule has 142 valence electrons. The summed E-state index contributed by atoms with van der Waals surface area (Å²) in [6.07, 6.45) is 13.2.